The number of carbonyl (C=O) groups is 1. The first kappa shape index (κ1) is 14.1. The number of rotatable bonds is 4. The van der Waals surface area contributed by atoms with Crippen LogP contribution in [-0.4, -0.2) is 55.5 Å². The van der Waals surface area contributed by atoms with Gasteiger partial charge in [0.05, 0.1) is 12.7 Å². The molecule has 1 N–H and O–H groups in total. The van der Waals surface area contributed by atoms with E-state index in [2.05, 4.69) is 5.32 Å². The van der Waals surface area contributed by atoms with Gasteiger partial charge < -0.3 is 19.7 Å². The maximum absolute atomic E-state index is 11.7. The van der Waals surface area contributed by atoms with Gasteiger partial charge in [0.2, 0.25) is 0 Å². The number of hydrogen-bond donors (Lipinski definition) is 1. The van der Waals surface area contributed by atoms with Crippen molar-refractivity contribution < 1.29 is 14.3 Å². The van der Waals surface area contributed by atoms with Gasteiger partial charge in [-0.2, -0.15) is 0 Å². The smallest absolute Gasteiger partial charge is 0.409 e. The molecule has 0 bridgehead atoms. The summed E-state index contributed by atoms with van der Waals surface area (Å²) in [6, 6.07) is 1.05. The van der Waals surface area contributed by atoms with Gasteiger partial charge in [0.1, 0.15) is 0 Å². The summed E-state index contributed by atoms with van der Waals surface area (Å²) in [6.45, 7) is 4.82. The standard InChI is InChI=1S/C15H26N2O3/c1-2-19-15(18)17-8-5-12(6-9-17)16-13-7-10-20-14(13)11-3-4-11/h11-14,16H,2-10H2,1H3. The van der Waals surface area contributed by atoms with Crippen LogP contribution in [0.25, 0.3) is 0 Å². The zero-order valence-corrected chi connectivity index (χ0v) is 12.3. The quantitative estimate of drug-likeness (QED) is 0.853. The summed E-state index contributed by atoms with van der Waals surface area (Å²) in [7, 11) is 0. The van der Waals surface area contributed by atoms with E-state index in [1.807, 2.05) is 11.8 Å². The fraction of sp³-hybridized carbons (Fsp3) is 0.933. The van der Waals surface area contributed by atoms with Crippen LogP contribution in [0.1, 0.15) is 39.0 Å². The number of ether oxygens (including phenoxy) is 2. The van der Waals surface area contributed by atoms with Crippen LogP contribution in [0.5, 0.6) is 0 Å². The highest BCUT2D eigenvalue weighted by Gasteiger charge is 2.41. The SMILES string of the molecule is CCOC(=O)N1CCC(NC2CCOC2C2CC2)CC1. The van der Waals surface area contributed by atoms with Crippen molar-refractivity contribution in [3.05, 3.63) is 0 Å². The molecule has 2 atom stereocenters. The van der Waals surface area contributed by atoms with Gasteiger partial charge in [-0.25, -0.2) is 4.79 Å². The number of likely N-dealkylation sites (tertiary alicyclic amines) is 1. The van der Waals surface area contributed by atoms with Gasteiger partial charge in [-0.1, -0.05) is 0 Å². The molecule has 3 rings (SSSR count). The van der Waals surface area contributed by atoms with Gasteiger partial charge in [-0.05, 0) is 44.9 Å². The predicted molar refractivity (Wildman–Crippen MR) is 75.6 cm³/mol. The molecule has 1 amide bonds. The third-order valence-electron chi connectivity index (χ3n) is 4.69. The van der Waals surface area contributed by atoms with Crippen LogP contribution in [0.3, 0.4) is 0 Å². The molecular weight excluding hydrogens is 256 g/mol. The fourth-order valence-electron chi connectivity index (χ4n) is 3.43. The average molecular weight is 282 g/mol. The molecule has 0 aromatic carbocycles. The molecule has 2 aliphatic heterocycles. The fourth-order valence-corrected chi connectivity index (χ4v) is 3.43. The lowest BCUT2D eigenvalue weighted by Crippen LogP contribution is -2.50. The maximum Gasteiger partial charge on any atom is 0.409 e. The van der Waals surface area contributed by atoms with Crippen LogP contribution in [0.15, 0.2) is 0 Å². The first-order valence-corrected chi connectivity index (χ1v) is 8.07. The van der Waals surface area contributed by atoms with Crippen LogP contribution >= 0.6 is 0 Å². The van der Waals surface area contributed by atoms with Crippen LogP contribution in [0, 0.1) is 5.92 Å². The Kier molecular flexibility index (Phi) is 4.46. The van der Waals surface area contributed by atoms with Crippen molar-refractivity contribution >= 4 is 6.09 Å². The highest BCUT2D eigenvalue weighted by Crippen LogP contribution is 2.39. The molecule has 0 aromatic rings. The minimum Gasteiger partial charge on any atom is -0.450 e. The molecule has 2 saturated heterocycles. The van der Waals surface area contributed by atoms with Gasteiger partial charge in [-0.15, -0.1) is 0 Å². The second-order valence-electron chi connectivity index (χ2n) is 6.19. The summed E-state index contributed by atoms with van der Waals surface area (Å²) >= 11 is 0. The van der Waals surface area contributed by atoms with Gasteiger partial charge in [0.25, 0.3) is 0 Å². The maximum atomic E-state index is 11.7. The molecule has 5 nitrogen and oxygen atoms in total. The second kappa shape index (κ2) is 6.31. The summed E-state index contributed by atoms with van der Waals surface area (Å²) in [5, 5.41) is 3.78. The average Bonchev–Trinajstić information content (AvgIpc) is 3.20. The minimum absolute atomic E-state index is 0.161. The van der Waals surface area contributed by atoms with E-state index >= 15 is 0 Å². The lowest BCUT2D eigenvalue weighted by molar-refractivity contribution is 0.0722. The third kappa shape index (κ3) is 3.26. The summed E-state index contributed by atoms with van der Waals surface area (Å²) in [5.74, 6) is 0.801. The van der Waals surface area contributed by atoms with Crippen molar-refractivity contribution in [3.63, 3.8) is 0 Å². The van der Waals surface area contributed by atoms with Gasteiger partial charge >= 0.3 is 6.09 Å². The Morgan fingerprint density at radius 2 is 2.00 bits per heavy atom. The van der Waals surface area contributed by atoms with Crippen molar-refractivity contribution in [2.45, 2.75) is 57.2 Å². The number of nitrogens with zero attached hydrogens (tertiary/aromatic N) is 1. The molecule has 3 fully saturated rings. The lowest BCUT2D eigenvalue weighted by Gasteiger charge is -2.34. The zero-order valence-electron chi connectivity index (χ0n) is 12.3. The largest absolute Gasteiger partial charge is 0.450 e. The van der Waals surface area contributed by atoms with Crippen LogP contribution < -0.4 is 5.32 Å². The number of hydrogen-bond acceptors (Lipinski definition) is 4. The Morgan fingerprint density at radius 3 is 2.65 bits per heavy atom. The summed E-state index contributed by atoms with van der Waals surface area (Å²) in [5.41, 5.74) is 0. The van der Waals surface area contributed by atoms with E-state index in [9.17, 15) is 4.79 Å². The van der Waals surface area contributed by atoms with Crippen molar-refractivity contribution in [3.8, 4) is 0 Å². The number of amides is 1. The van der Waals surface area contributed by atoms with E-state index in [0.717, 1.165) is 44.9 Å². The van der Waals surface area contributed by atoms with E-state index in [1.54, 1.807) is 0 Å². The Labute approximate surface area is 121 Å². The first-order valence-electron chi connectivity index (χ1n) is 8.07. The van der Waals surface area contributed by atoms with Gasteiger partial charge in [0.15, 0.2) is 0 Å². The number of carbonyl (C=O) groups excluding carboxylic acids is 1. The van der Waals surface area contributed by atoms with Crippen molar-refractivity contribution in [1.29, 1.82) is 0 Å². The summed E-state index contributed by atoms with van der Waals surface area (Å²) in [4.78, 5) is 13.5. The highest BCUT2D eigenvalue weighted by molar-refractivity contribution is 5.67. The molecule has 20 heavy (non-hydrogen) atoms. The molecule has 5 heteroatoms. The molecule has 2 unspecified atom stereocenters. The van der Waals surface area contributed by atoms with E-state index < -0.39 is 0 Å². The number of nitrogens with one attached hydrogen (secondary N) is 1. The van der Waals surface area contributed by atoms with Crippen LogP contribution in [0.4, 0.5) is 4.79 Å². The molecule has 0 spiro atoms. The van der Waals surface area contributed by atoms with Gasteiger partial charge in [-0.3, -0.25) is 0 Å². The van der Waals surface area contributed by atoms with Crippen LogP contribution in [-0.2, 0) is 9.47 Å². The first-order chi connectivity index (χ1) is 9.78. The Bertz CT molecular complexity index is 338. The summed E-state index contributed by atoms with van der Waals surface area (Å²) < 4.78 is 10.9. The Hall–Kier alpha value is -0.810. The normalized spacial score (nSPS) is 31.6. The second-order valence-corrected chi connectivity index (χ2v) is 6.19. The molecule has 114 valence electrons. The van der Waals surface area contributed by atoms with Crippen molar-refractivity contribution in [2.75, 3.05) is 26.3 Å². The van der Waals surface area contributed by atoms with E-state index in [1.165, 1.54) is 12.8 Å². The van der Waals surface area contributed by atoms with E-state index in [-0.39, 0.29) is 6.09 Å². The Balaban J connectivity index is 1.43. The lowest BCUT2D eigenvalue weighted by atomic mass is 10.0. The number of piperidine rings is 1. The Morgan fingerprint density at radius 1 is 1.25 bits per heavy atom. The highest BCUT2D eigenvalue weighted by atomic mass is 16.6. The van der Waals surface area contributed by atoms with Crippen LogP contribution in [0.2, 0.25) is 0 Å². The monoisotopic (exact) mass is 282 g/mol. The molecule has 0 aromatic heterocycles. The predicted octanol–water partition coefficient (Wildman–Crippen LogP) is 1.76. The van der Waals surface area contributed by atoms with E-state index in [0.29, 0.717) is 24.8 Å². The minimum atomic E-state index is -0.161. The molecule has 0 radical (unpaired) electrons. The molecule has 2 heterocycles. The molecular formula is C15H26N2O3. The summed E-state index contributed by atoms with van der Waals surface area (Å²) in [6.07, 6.45) is 6.14. The van der Waals surface area contributed by atoms with Crippen molar-refractivity contribution in [2.24, 2.45) is 5.92 Å². The third-order valence-corrected chi connectivity index (χ3v) is 4.69. The zero-order chi connectivity index (χ0) is 13.9. The van der Waals surface area contributed by atoms with Gasteiger partial charge in [0, 0.05) is 31.8 Å². The molecule has 1 aliphatic carbocycles. The molecule has 3 aliphatic rings. The topological polar surface area (TPSA) is 50.8 Å². The van der Waals surface area contributed by atoms with E-state index in [4.69, 9.17) is 9.47 Å². The molecule has 1 saturated carbocycles. The van der Waals surface area contributed by atoms with Crippen molar-refractivity contribution in [1.82, 2.24) is 10.2 Å².